The summed E-state index contributed by atoms with van der Waals surface area (Å²) in [6.45, 7) is -0.996. The maximum atomic E-state index is 12.3. The van der Waals surface area contributed by atoms with E-state index in [1.807, 2.05) is 16.0 Å². The number of carboxylic acid groups (broad SMARTS) is 3. The van der Waals surface area contributed by atoms with Crippen molar-refractivity contribution in [2.75, 3.05) is 6.61 Å². The predicted molar refractivity (Wildman–Crippen MR) is 101 cm³/mol. The fourth-order valence-electron chi connectivity index (χ4n) is 2.21. The van der Waals surface area contributed by atoms with E-state index < -0.39 is 91.6 Å². The molecule has 4 atom stereocenters. The predicted octanol–water partition coefficient (Wildman–Crippen LogP) is -4.94. The van der Waals surface area contributed by atoms with E-state index in [1.165, 1.54) is 0 Å². The average molecular weight is 463 g/mol. The Hall–Kier alpha value is -3.79. The molecule has 4 unspecified atom stereocenters. The number of nitrogens with two attached hydrogens (primary N) is 2. The van der Waals surface area contributed by atoms with Crippen LogP contribution in [0, 0.1) is 0 Å². The minimum atomic E-state index is -1.85. The van der Waals surface area contributed by atoms with E-state index in [2.05, 4.69) is 0 Å². The van der Waals surface area contributed by atoms with Gasteiger partial charge in [0.25, 0.3) is 0 Å². The van der Waals surface area contributed by atoms with Crippen molar-refractivity contribution in [2.24, 2.45) is 11.5 Å². The van der Waals surface area contributed by atoms with Crippen LogP contribution in [0.4, 0.5) is 0 Å². The van der Waals surface area contributed by atoms with Crippen LogP contribution in [0.5, 0.6) is 0 Å². The van der Waals surface area contributed by atoms with Crippen molar-refractivity contribution in [3.63, 3.8) is 0 Å². The zero-order valence-electron chi connectivity index (χ0n) is 16.6. The lowest BCUT2D eigenvalue weighted by Gasteiger charge is -2.23. The lowest BCUT2D eigenvalue weighted by molar-refractivity contribution is -0.145. The van der Waals surface area contributed by atoms with Crippen LogP contribution in [0.2, 0.25) is 0 Å². The fourth-order valence-corrected chi connectivity index (χ4v) is 2.21. The monoisotopic (exact) mass is 463 g/mol. The largest absolute Gasteiger partial charge is 0.481 e. The summed E-state index contributed by atoms with van der Waals surface area (Å²) in [4.78, 5) is 80.1. The molecule has 0 spiro atoms. The summed E-state index contributed by atoms with van der Waals surface area (Å²) in [6.07, 6.45) is -2.54. The van der Waals surface area contributed by atoms with Gasteiger partial charge in [0.05, 0.1) is 25.5 Å². The van der Waals surface area contributed by atoms with Gasteiger partial charge in [0.15, 0.2) is 0 Å². The molecule has 0 aliphatic rings. The van der Waals surface area contributed by atoms with Crippen molar-refractivity contribution in [1.29, 1.82) is 0 Å². The van der Waals surface area contributed by atoms with Gasteiger partial charge < -0.3 is 47.8 Å². The molecule has 0 aromatic rings. The van der Waals surface area contributed by atoms with Crippen LogP contribution in [-0.4, -0.2) is 92.7 Å². The second-order valence-electron chi connectivity index (χ2n) is 6.51. The van der Waals surface area contributed by atoms with E-state index in [-0.39, 0.29) is 6.42 Å². The maximum absolute atomic E-state index is 12.3. The van der Waals surface area contributed by atoms with Gasteiger partial charge in [0, 0.05) is 6.42 Å². The minimum Gasteiger partial charge on any atom is -0.481 e. The second kappa shape index (κ2) is 13.5. The van der Waals surface area contributed by atoms with Crippen LogP contribution in [0.3, 0.4) is 0 Å². The van der Waals surface area contributed by atoms with Crippen LogP contribution in [0.25, 0.3) is 0 Å². The summed E-state index contributed by atoms with van der Waals surface area (Å²) in [7, 11) is 0. The minimum absolute atomic E-state index is 0.276. The van der Waals surface area contributed by atoms with Gasteiger partial charge in [-0.2, -0.15) is 0 Å². The standard InChI is InChI=1S/C16H25N5O11/c17-6(1-2-11(24)25)13(28)21-9(5-22)15(30)19-7(4-12(26)27)14(29)20-8(16(31)32)3-10(18)23/h6-9,22H,1-5,17H2,(H2,18,23)(H,19,30)(H,20,29)(H,21,28)(H,24,25)(H,26,27)(H,31,32). The van der Waals surface area contributed by atoms with E-state index in [0.717, 1.165) is 0 Å². The van der Waals surface area contributed by atoms with Gasteiger partial charge >= 0.3 is 17.9 Å². The Labute approximate surface area is 180 Å². The van der Waals surface area contributed by atoms with Crippen molar-refractivity contribution in [1.82, 2.24) is 16.0 Å². The molecule has 16 heteroatoms. The first-order valence-electron chi connectivity index (χ1n) is 9.00. The molecule has 0 rings (SSSR count). The van der Waals surface area contributed by atoms with Crippen molar-refractivity contribution in [3.8, 4) is 0 Å². The third-order valence-electron chi connectivity index (χ3n) is 3.85. The lowest BCUT2D eigenvalue weighted by Crippen LogP contribution is -2.58. The van der Waals surface area contributed by atoms with Crippen LogP contribution >= 0.6 is 0 Å². The number of aliphatic hydroxyl groups excluding tert-OH is 1. The number of nitrogens with one attached hydrogen (secondary N) is 3. The van der Waals surface area contributed by atoms with Gasteiger partial charge in [0.2, 0.25) is 23.6 Å². The third-order valence-corrected chi connectivity index (χ3v) is 3.85. The normalized spacial score (nSPS) is 14.2. The number of carbonyl (C=O) groups is 7. The molecular formula is C16H25N5O11. The summed E-state index contributed by atoms with van der Waals surface area (Å²) in [5.41, 5.74) is 10.4. The first kappa shape index (κ1) is 28.2. The smallest absolute Gasteiger partial charge is 0.326 e. The summed E-state index contributed by atoms with van der Waals surface area (Å²) < 4.78 is 0. The molecule has 11 N–H and O–H groups in total. The first-order valence-corrected chi connectivity index (χ1v) is 9.00. The Morgan fingerprint density at radius 1 is 0.719 bits per heavy atom. The van der Waals surface area contributed by atoms with Crippen LogP contribution < -0.4 is 27.4 Å². The molecule has 0 aromatic heterocycles. The summed E-state index contributed by atoms with van der Waals surface area (Å²) >= 11 is 0. The van der Waals surface area contributed by atoms with Gasteiger partial charge in [-0.15, -0.1) is 0 Å². The molecule has 0 aromatic carbocycles. The van der Waals surface area contributed by atoms with Gasteiger partial charge in [-0.3, -0.25) is 28.8 Å². The maximum Gasteiger partial charge on any atom is 0.326 e. The molecule has 0 saturated heterocycles. The van der Waals surface area contributed by atoms with Crippen molar-refractivity contribution in [3.05, 3.63) is 0 Å². The van der Waals surface area contributed by atoms with Crippen molar-refractivity contribution >= 4 is 41.5 Å². The fraction of sp³-hybridized carbons (Fsp3) is 0.562. The van der Waals surface area contributed by atoms with E-state index in [4.69, 9.17) is 26.8 Å². The topological polar surface area (TPSA) is 289 Å². The Bertz CT molecular complexity index is 757. The van der Waals surface area contributed by atoms with E-state index >= 15 is 0 Å². The van der Waals surface area contributed by atoms with Crippen LogP contribution in [-0.2, 0) is 33.6 Å². The quantitative estimate of drug-likeness (QED) is 0.110. The number of primary amides is 1. The molecule has 0 radical (unpaired) electrons. The Morgan fingerprint density at radius 3 is 1.66 bits per heavy atom. The Kier molecular flexibility index (Phi) is 11.9. The molecule has 0 aliphatic heterocycles. The molecule has 0 aliphatic carbocycles. The number of amides is 4. The van der Waals surface area contributed by atoms with E-state index in [1.54, 1.807) is 0 Å². The van der Waals surface area contributed by atoms with Crippen molar-refractivity contribution in [2.45, 2.75) is 49.9 Å². The molecule has 4 amide bonds. The second-order valence-corrected chi connectivity index (χ2v) is 6.51. The van der Waals surface area contributed by atoms with Crippen LogP contribution in [0.1, 0.15) is 25.7 Å². The summed E-state index contributed by atoms with van der Waals surface area (Å²) in [5.74, 6) is -8.99. The van der Waals surface area contributed by atoms with E-state index in [9.17, 15) is 38.7 Å². The summed E-state index contributed by atoms with van der Waals surface area (Å²) in [5, 5.41) is 41.7. The summed E-state index contributed by atoms with van der Waals surface area (Å²) in [6, 6.07) is -6.67. The van der Waals surface area contributed by atoms with Crippen LogP contribution in [0.15, 0.2) is 0 Å². The first-order chi connectivity index (χ1) is 14.8. The highest BCUT2D eigenvalue weighted by Crippen LogP contribution is 2.00. The third kappa shape index (κ3) is 10.8. The number of rotatable bonds is 15. The zero-order chi connectivity index (χ0) is 25.0. The molecule has 0 heterocycles. The van der Waals surface area contributed by atoms with E-state index in [0.29, 0.717) is 0 Å². The Balaban J connectivity index is 5.27. The number of carbonyl (C=O) groups excluding carboxylic acids is 4. The van der Waals surface area contributed by atoms with Gasteiger partial charge in [-0.1, -0.05) is 0 Å². The highest BCUT2D eigenvalue weighted by atomic mass is 16.4. The highest BCUT2D eigenvalue weighted by molar-refractivity contribution is 5.96. The van der Waals surface area contributed by atoms with Crippen molar-refractivity contribution < 1.29 is 54.0 Å². The number of hydrogen-bond donors (Lipinski definition) is 9. The van der Waals surface area contributed by atoms with Gasteiger partial charge in [-0.05, 0) is 6.42 Å². The Morgan fingerprint density at radius 2 is 1.22 bits per heavy atom. The van der Waals surface area contributed by atoms with Gasteiger partial charge in [0.1, 0.15) is 18.1 Å². The lowest BCUT2D eigenvalue weighted by atomic mass is 10.1. The number of hydrogen-bond acceptors (Lipinski definition) is 9. The molecule has 0 bridgehead atoms. The molecule has 0 fully saturated rings. The molecule has 16 nitrogen and oxygen atoms in total. The molecular weight excluding hydrogens is 438 g/mol. The number of aliphatic hydroxyl groups is 1. The SMILES string of the molecule is NC(=O)CC(NC(=O)C(CC(=O)O)NC(=O)C(CO)NC(=O)C(N)CCC(=O)O)C(=O)O. The zero-order valence-corrected chi connectivity index (χ0v) is 16.6. The van der Waals surface area contributed by atoms with Gasteiger partial charge in [-0.25, -0.2) is 4.79 Å². The molecule has 0 saturated carbocycles. The molecule has 180 valence electrons. The molecule has 32 heavy (non-hydrogen) atoms. The number of carboxylic acids is 3. The average Bonchev–Trinajstić information content (AvgIpc) is 2.67. The number of aliphatic carboxylic acids is 3. The highest BCUT2D eigenvalue weighted by Gasteiger charge is 2.32.